The molecule has 12 heteroatoms. The number of nitrogens with two attached hydrogens (primary N) is 1. The third kappa shape index (κ3) is 5.39. The number of benzene rings is 1. The molecule has 0 saturated carbocycles. The van der Waals surface area contributed by atoms with Crippen molar-refractivity contribution in [3.05, 3.63) is 55.0 Å². The van der Waals surface area contributed by atoms with Crippen molar-refractivity contribution in [1.29, 1.82) is 0 Å². The summed E-state index contributed by atoms with van der Waals surface area (Å²) in [5, 5.41) is 6.87. The minimum Gasteiger partial charge on any atom is -0.382 e. The first-order valence-electron chi connectivity index (χ1n) is 12.1. The first-order chi connectivity index (χ1) is 18.0. The van der Waals surface area contributed by atoms with Gasteiger partial charge in [0.15, 0.2) is 17.0 Å². The van der Waals surface area contributed by atoms with Gasteiger partial charge in [0.2, 0.25) is 0 Å². The van der Waals surface area contributed by atoms with Gasteiger partial charge in [0.05, 0.1) is 12.6 Å². The average molecular weight is 628 g/mol. The van der Waals surface area contributed by atoms with E-state index < -0.39 is 0 Å². The van der Waals surface area contributed by atoms with Crippen LogP contribution in [0.2, 0.25) is 0 Å². The number of halogens is 1. The molecular formula is C25H30IN10P. The summed E-state index contributed by atoms with van der Waals surface area (Å²) in [4.78, 5) is 21.9. The van der Waals surface area contributed by atoms with Gasteiger partial charge in [-0.25, -0.2) is 19.9 Å². The second-order valence-electron chi connectivity index (χ2n) is 9.02. The number of imidazole rings is 1. The van der Waals surface area contributed by atoms with Crippen LogP contribution in [0.25, 0.3) is 33.1 Å². The van der Waals surface area contributed by atoms with Crippen LogP contribution < -0.4 is 10.6 Å². The molecule has 6 rings (SSSR count). The highest BCUT2D eigenvalue weighted by Crippen LogP contribution is 2.35. The summed E-state index contributed by atoms with van der Waals surface area (Å²) in [6.45, 7) is 6.37. The van der Waals surface area contributed by atoms with Gasteiger partial charge < -0.3 is 15.5 Å². The van der Waals surface area contributed by atoms with E-state index in [2.05, 4.69) is 96.3 Å². The number of nitrogen functional groups attached to an aromatic ring is 1. The number of nitrogens with zero attached hydrogens (tertiary/aromatic N) is 9. The van der Waals surface area contributed by atoms with Gasteiger partial charge in [0.25, 0.3) is 0 Å². The number of hydrogen-bond donors (Lipinski definition) is 1. The lowest BCUT2D eigenvalue weighted by Gasteiger charge is -2.34. The van der Waals surface area contributed by atoms with Gasteiger partial charge in [0, 0.05) is 56.1 Å². The van der Waals surface area contributed by atoms with E-state index in [0.29, 0.717) is 17.7 Å². The van der Waals surface area contributed by atoms with E-state index in [1.807, 2.05) is 22.3 Å². The van der Waals surface area contributed by atoms with Crippen LogP contribution >= 0.6 is 28.4 Å². The molecule has 0 bridgehead atoms. The van der Waals surface area contributed by atoms with Crippen LogP contribution in [0.4, 0.5) is 11.6 Å². The molecule has 5 heterocycles. The van der Waals surface area contributed by atoms with Crippen molar-refractivity contribution in [3.63, 3.8) is 0 Å². The van der Waals surface area contributed by atoms with Crippen LogP contribution in [0.3, 0.4) is 0 Å². The van der Waals surface area contributed by atoms with E-state index in [0.717, 1.165) is 55.3 Å². The molecule has 0 aliphatic carbocycles. The van der Waals surface area contributed by atoms with E-state index >= 15 is 0 Å². The monoisotopic (exact) mass is 628 g/mol. The molecule has 1 saturated heterocycles. The molecule has 2 N–H and O–H groups in total. The van der Waals surface area contributed by atoms with Gasteiger partial charge >= 0.3 is 0 Å². The number of hydrogen-bond acceptors (Lipinski definition) is 8. The molecule has 1 unspecified atom stereocenters. The fourth-order valence-corrected chi connectivity index (χ4v) is 5.89. The van der Waals surface area contributed by atoms with Gasteiger partial charge in [0.1, 0.15) is 18.5 Å². The number of aryl methyl sites for hydroxylation is 2. The standard InChI is InChI=1S/C20H25N5.C5H5IN5P/c1-4-17-12-15-6-5-7-18(16-13-21-24(3)14-16)19(15)20(22-17)25-10-8-23(2)9-11-25;6-12-11-2-10-3-4(7)8-1-9-5(3)11/h5-7,12-14H,4,8-11H2,1-3H3;1-2,12H,(H2,7,8,9). The van der Waals surface area contributed by atoms with Gasteiger partial charge in [-0.2, -0.15) is 5.10 Å². The zero-order chi connectivity index (χ0) is 25.9. The number of likely N-dealkylation sites (N-methyl/N-ethyl adjacent to an activating group) is 1. The number of rotatable bonds is 4. The zero-order valence-corrected chi connectivity index (χ0v) is 24.3. The van der Waals surface area contributed by atoms with E-state index in [1.54, 1.807) is 6.33 Å². The van der Waals surface area contributed by atoms with Crippen molar-refractivity contribution in [2.24, 2.45) is 7.05 Å². The Hall–Kier alpha value is -2.89. The average Bonchev–Trinajstić information content (AvgIpc) is 3.55. The van der Waals surface area contributed by atoms with Gasteiger partial charge in [-0.15, -0.1) is 0 Å². The van der Waals surface area contributed by atoms with E-state index in [9.17, 15) is 0 Å². The predicted octanol–water partition coefficient (Wildman–Crippen LogP) is 4.15. The van der Waals surface area contributed by atoms with Crippen LogP contribution in [-0.4, -0.2) is 72.2 Å². The van der Waals surface area contributed by atoms with Crippen molar-refractivity contribution in [2.75, 3.05) is 43.9 Å². The molecule has 10 nitrogen and oxygen atoms in total. The normalized spacial score (nSPS) is 14.5. The summed E-state index contributed by atoms with van der Waals surface area (Å²) in [6.07, 6.45) is 8.73. The largest absolute Gasteiger partial charge is 0.382 e. The number of fused-ring (bicyclic) bond motifs is 2. The topological polar surface area (TPSA) is 107 Å². The lowest BCUT2D eigenvalue weighted by molar-refractivity contribution is 0.312. The Kier molecular flexibility index (Phi) is 7.82. The number of aromatic nitrogens is 7. The minimum absolute atomic E-state index is 0.438. The maximum atomic E-state index is 5.60. The van der Waals surface area contributed by atoms with E-state index in [-0.39, 0.29) is 0 Å². The highest BCUT2D eigenvalue weighted by atomic mass is 127. The maximum Gasteiger partial charge on any atom is 0.169 e. The predicted molar refractivity (Wildman–Crippen MR) is 161 cm³/mol. The lowest BCUT2D eigenvalue weighted by Crippen LogP contribution is -2.45. The molecule has 4 aromatic heterocycles. The van der Waals surface area contributed by atoms with Crippen molar-refractivity contribution in [2.45, 2.75) is 13.3 Å². The zero-order valence-electron chi connectivity index (χ0n) is 21.1. The van der Waals surface area contributed by atoms with Crippen LogP contribution in [0, 0.1) is 0 Å². The summed E-state index contributed by atoms with van der Waals surface area (Å²) in [5.41, 5.74) is 10.6. The molecule has 5 aromatic rings. The van der Waals surface area contributed by atoms with Crippen LogP contribution in [0.15, 0.2) is 49.3 Å². The first kappa shape index (κ1) is 25.7. The van der Waals surface area contributed by atoms with Crippen LogP contribution in [0.1, 0.15) is 12.6 Å². The summed E-state index contributed by atoms with van der Waals surface area (Å²) in [5.74, 6) is 1.57. The highest BCUT2D eigenvalue weighted by Gasteiger charge is 2.20. The van der Waals surface area contributed by atoms with Crippen LogP contribution in [-0.2, 0) is 13.5 Å². The maximum absolute atomic E-state index is 5.60. The Morgan fingerprint density at radius 3 is 2.59 bits per heavy atom. The Morgan fingerprint density at radius 2 is 1.89 bits per heavy atom. The van der Waals surface area contributed by atoms with Gasteiger partial charge in [-0.1, -0.05) is 25.1 Å². The van der Waals surface area contributed by atoms with E-state index in [4.69, 9.17) is 10.7 Å². The molecule has 192 valence electrons. The smallest absolute Gasteiger partial charge is 0.169 e. The fourth-order valence-electron chi connectivity index (χ4n) is 4.49. The third-order valence-corrected chi connectivity index (χ3v) is 8.59. The minimum atomic E-state index is 0.438. The van der Waals surface area contributed by atoms with Crippen molar-refractivity contribution >= 4 is 62.0 Å². The van der Waals surface area contributed by atoms with Crippen molar-refractivity contribution < 1.29 is 0 Å². The second-order valence-corrected chi connectivity index (χ2v) is 11.1. The summed E-state index contributed by atoms with van der Waals surface area (Å²) >= 11 is 2.26. The molecule has 37 heavy (non-hydrogen) atoms. The Bertz CT molecular complexity index is 1520. The van der Waals surface area contributed by atoms with Crippen molar-refractivity contribution in [3.8, 4) is 11.1 Å². The quantitative estimate of drug-likeness (QED) is 0.234. The SMILES string of the molecule is CCc1cc2cccc(-c3cnn(C)c3)c2c(N2CCN(C)CC2)n1.Nc1ncnc2c1ncn2PI. The molecule has 0 radical (unpaired) electrons. The lowest BCUT2D eigenvalue weighted by atomic mass is 9.99. The molecular weight excluding hydrogens is 598 g/mol. The Morgan fingerprint density at radius 1 is 1.08 bits per heavy atom. The summed E-state index contributed by atoms with van der Waals surface area (Å²) < 4.78 is 3.80. The Labute approximate surface area is 230 Å². The van der Waals surface area contributed by atoms with Gasteiger partial charge in [-0.05, 0) is 52.5 Å². The molecule has 1 atom stereocenters. The second kappa shape index (κ2) is 11.2. The molecule has 1 aromatic carbocycles. The van der Waals surface area contributed by atoms with E-state index in [1.165, 1.54) is 22.7 Å². The molecule has 1 aliphatic heterocycles. The number of anilines is 2. The first-order valence-corrected chi connectivity index (χ1v) is 16.2. The van der Waals surface area contributed by atoms with Gasteiger partial charge in [-0.3, -0.25) is 9.02 Å². The third-order valence-electron chi connectivity index (χ3n) is 6.53. The number of piperazine rings is 1. The Balaban J connectivity index is 0.000000195. The number of pyridine rings is 1. The summed E-state index contributed by atoms with van der Waals surface area (Å²) in [6, 6.07) is 8.76. The molecule has 1 fully saturated rings. The molecule has 0 amide bonds. The molecule has 1 aliphatic rings. The fraction of sp³-hybridized carbons (Fsp3) is 0.320. The highest BCUT2D eigenvalue weighted by molar-refractivity contribution is 14.2. The summed E-state index contributed by atoms with van der Waals surface area (Å²) in [7, 11) is 4.15. The van der Waals surface area contributed by atoms with Crippen LogP contribution in [0.5, 0.6) is 0 Å². The van der Waals surface area contributed by atoms with Crippen molar-refractivity contribution in [1.82, 2.24) is 39.0 Å². The molecule has 0 spiro atoms.